The predicted molar refractivity (Wildman–Crippen MR) is 129 cm³/mol. The molecule has 9 heteroatoms. The van der Waals surface area contributed by atoms with Gasteiger partial charge in [-0.2, -0.15) is 13.2 Å². The lowest BCUT2D eigenvalue weighted by Gasteiger charge is -2.32. The van der Waals surface area contributed by atoms with Gasteiger partial charge in [0.1, 0.15) is 6.61 Å². The van der Waals surface area contributed by atoms with Crippen molar-refractivity contribution in [3.05, 3.63) is 72.6 Å². The third-order valence-electron chi connectivity index (χ3n) is 6.23. The van der Waals surface area contributed by atoms with Crippen molar-refractivity contribution in [3.8, 4) is 22.5 Å². The molecule has 1 atom stereocenters. The Kier molecular flexibility index (Phi) is 8.32. The zero-order valence-corrected chi connectivity index (χ0v) is 19.6. The molecule has 6 nitrogen and oxygen atoms in total. The Morgan fingerprint density at radius 3 is 2.11 bits per heavy atom. The van der Waals surface area contributed by atoms with Crippen molar-refractivity contribution in [1.82, 2.24) is 15.3 Å². The number of rotatable bonds is 9. The van der Waals surface area contributed by atoms with E-state index in [0.29, 0.717) is 37.1 Å². The van der Waals surface area contributed by atoms with Gasteiger partial charge in [-0.25, -0.2) is 9.78 Å². The Morgan fingerprint density at radius 1 is 0.972 bits per heavy atom. The third kappa shape index (κ3) is 7.11. The van der Waals surface area contributed by atoms with Crippen molar-refractivity contribution in [2.24, 2.45) is 0 Å². The van der Waals surface area contributed by atoms with Gasteiger partial charge in [0, 0.05) is 17.2 Å². The maximum Gasteiger partial charge on any atom is 0.390 e. The molecule has 0 saturated heterocycles. The molecule has 0 radical (unpaired) electrons. The van der Waals surface area contributed by atoms with E-state index in [9.17, 15) is 18.0 Å². The zero-order valence-electron chi connectivity index (χ0n) is 19.6. The van der Waals surface area contributed by atoms with Gasteiger partial charge in [0.15, 0.2) is 0 Å². The van der Waals surface area contributed by atoms with Gasteiger partial charge in [-0.3, -0.25) is 4.98 Å². The first-order chi connectivity index (χ1) is 17.3. The van der Waals surface area contributed by atoms with Gasteiger partial charge < -0.3 is 15.2 Å². The minimum atomic E-state index is -4.40. The van der Waals surface area contributed by atoms with Gasteiger partial charge in [0.2, 0.25) is 0 Å². The molecule has 1 aliphatic rings. The fourth-order valence-corrected chi connectivity index (χ4v) is 4.53. The zero-order chi connectivity index (χ0) is 25.5. The van der Waals surface area contributed by atoms with Crippen LogP contribution in [0.4, 0.5) is 13.2 Å². The summed E-state index contributed by atoms with van der Waals surface area (Å²) < 4.78 is 46.1. The van der Waals surface area contributed by atoms with E-state index >= 15 is 0 Å². The van der Waals surface area contributed by atoms with Crippen LogP contribution in [0.3, 0.4) is 0 Å². The summed E-state index contributed by atoms with van der Waals surface area (Å²) in [6.07, 6.45) is -1.91. The number of hydrogen-bond acceptors (Lipinski definition) is 5. The molecule has 190 valence electrons. The monoisotopic (exact) mass is 499 g/mol. The fourth-order valence-electron chi connectivity index (χ4n) is 4.53. The molecule has 1 saturated carbocycles. The smallest absolute Gasteiger partial charge is 0.390 e. The number of carboxylic acids is 1. The van der Waals surface area contributed by atoms with Crippen molar-refractivity contribution in [2.45, 2.75) is 56.5 Å². The molecule has 0 aliphatic heterocycles. The van der Waals surface area contributed by atoms with Gasteiger partial charge in [-0.1, -0.05) is 60.7 Å². The van der Waals surface area contributed by atoms with Crippen molar-refractivity contribution in [1.29, 1.82) is 0 Å². The van der Waals surface area contributed by atoms with E-state index in [4.69, 9.17) is 14.8 Å². The Hall–Kier alpha value is -3.30. The van der Waals surface area contributed by atoms with Gasteiger partial charge in [0.05, 0.1) is 41.8 Å². The third-order valence-corrected chi connectivity index (χ3v) is 6.23. The van der Waals surface area contributed by atoms with Crippen LogP contribution in [0.1, 0.15) is 43.8 Å². The molecule has 3 aromatic rings. The molecule has 1 unspecified atom stereocenters. The summed E-state index contributed by atoms with van der Waals surface area (Å²) in [6, 6.07) is 17.5. The van der Waals surface area contributed by atoms with Crippen LogP contribution in [0.2, 0.25) is 0 Å². The maximum atomic E-state index is 13.6. The first-order valence-electron chi connectivity index (χ1n) is 11.9. The van der Waals surface area contributed by atoms with E-state index in [-0.39, 0.29) is 24.4 Å². The van der Waals surface area contributed by atoms with Crippen LogP contribution in [0.15, 0.2) is 66.9 Å². The second-order valence-corrected chi connectivity index (χ2v) is 8.94. The number of ether oxygens (including phenoxy) is 1. The van der Waals surface area contributed by atoms with Gasteiger partial charge in [0.25, 0.3) is 0 Å². The number of nitrogens with one attached hydrogen (secondary N) is 1. The number of hydrogen-bond donors (Lipinski definition) is 2. The molecule has 4 rings (SSSR count). The van der Waals surface area contributed by atoms with Gasteiger partial charge in [-0.05, 0) is 25.7 Å². The first-order valence-corrected chi connectivity index (χ1v) is 11.9. The highest BCUT2D eigenvalue weighted by Gasteiger charge is 2.35. The van der Waals surface area contributed by atoms with Crippen molar-refractivity contribution in [3.63, 3.8) is 0 Å². The Morgan fingerprint density at radius 2 is 1.56 bits per heavy atom. The standard InChI is InChI=1S/C27H28F3N3O3/c28-27(29,30)15-22(32-20-11-13-21(14-12-20)36-17-24(34)35)23-16-31-25(18-7-3-1-4-8-18)26(33-23)19-9-5-2-6-10-19/h1-10,16,20-22,32H,11-15,17H2,(H,34,35). The van der Waals surface area contributed by atoms with Crippen molar-refractivity contribution < 1.29 is 27.8 Å². The maximum absolute atomic E-state index is 13.6. The summed E-state index contributed by atoms with van der Waals surface area (Å²) >= 11 is 0. The normalized spacial score (nSPS) is 19.1. The molecular weight excluding hydrogens is 471 g/mol. The summed E-state index contributed by atoms with van der Waals surface area (Å²) in [5.74, 6) is -1.03. The van der Waals surface area contributed by atoms with Crippen molar-refractivity contribution in [2.75, 3.05) is 6.61 Å². The number of nitrogens with zero attached hydrogens (tertiary/aromatic N) is 2. The Bertz CT molecular complexity index is 1140. The van der Waals surface area contributed by atoms with Crippen molar-refractivity contribution >= 4 is 5.97 Å². The molecule has 1 fully saturated rings. The number of halogens is 3. The lowest BCUT2D eigenvalue weighted by atomic mass is 9.91. The second-order valence-electron chi connectivity index (χ2n) is 8.94. The number of aromatic nitrogens is 2. The minimum Gasteiger partial charge on any atom is -0.480 e. The molecule has 1 aliphatic carbocycles. The number of alkyl halides is 3. The molecule has 0 bridgehead atoms. The lowest BCUT2D eigenvalue weighted by Crippen LogP contribution is -2.39. The molecule has 2 aromatic carbocycles. The van der Waals surface area contributed by atoms with E-state index in [1.165, 1.54) is 6.20 Å². The van der Waals surface area contributed by atoms with Crippen LogP contribution >= 0.6 is 0 Å². The molecule has 1 aromatic heterocycles. The quantitative estimate of drug-likeness (QED) is 0.387. The van der Waals surface area contributed by atoms with Crippen LogP contribution in [-0.4, -0.2) is 46.0 Å². The highest BCUT2D eigenvalue weighted by atomic mass is 19.4. The average Bonchev–Trinajstić information content (AvgIpc) is 2.88. The summed E-state index contributed by atoms with van der Waals surface area (Å²) in [4.78, 5) is 20.0. The number of aliphatic carboxylic acids is 1. The summed E-state index contributed by atoms with van der Waals surface area (Å²) in [5, 5.41) is 11.9. The summed E-state index contributed by atoms with van der Waals surface area (Å²) in [5.41, 5.74) is 2.96. The molecule has 0 spiro atoms. The number of carbonyl (C=O) groups is 1. The van der Waals surface area contributed by atoms with Crippen LogP contribution in [0.5, 0.6) is 0 Å². The molecular formula is C27H28F3N3O3. The number of benzene rings is 2. The largest absolute Gasteiger partial charge is 0.480 e. The van der Waals surface area contributed by atoms with Gasteiger partial charge in [-0.15, -0.1) is 0 Å². The van der Waals surface area contributed by atoms with Crippen LogP contribution in [-0.2, 0) is 9.53 Å². The van der Waals surface area contributed by atoms with Crippen LogP contribution in [0.25, 0.3) is 22.5 Å². The topological polar surface area (TPSA) is 84.3 Å². The highest BCUT2D eigenvalue weighted by Crippen LogP contribution is 2.34. The highest BCUT2D eigenvalue weighted by molar-refractivity contribution is 5.77. The van der Waals surface area contributed by atoms with Crippen LogP contribution < -0.4 is 5.32 Å². The first kappa shape index (κ1) is 25.8. The Balaban J connectivity index is 1.60. The van der Waals surface area contributed by atoms with Crippen LogP contribution in [0, 0.1) is 0 Å². The summed E-state index contributed by atoms with van der Waals surface area (Å²) in [6.45, 7) is -0.370. The van der Waals surface area contributed by atoms with E-state index in [2.05, 4.69) is 10.3 Å². The molecule has 1 heterocycles. The summed E-state index contributed by atoms with van der Waals surface area (Å²) in [7, 11) is 0. The Labute approximate surface area is 207 Å². The SMILES string of the molecule is O=C(O)COC1CCC(NC(CC(F)(F)F)c2cnc(-c3ccccc3)c(-c3ccccc3)n2)CC1. The predicted octanol–water partition coefficient (Wildman–Crippen LogP) is 5.81. The second kappa shape index (κ2) is 11.6. The van der Waals surface area contributed by atoms with E-state index < -0.39 is 24.6 Å². The molecule has 36 heavy (non-hydrogen) atoms. The molecule has 0 amide bonds. The van der Waals surface area contributed by atoms with Gasteiger partial charge >= 0.3 is 12.1 Å². The average molecular weight is 500 g/mol. The number of carboxylic acid groups (broad SMARTS) is 1. The fraction of sp³-hybridized carbons (Fsp3) is 0.370. The van der Waals surface area contributed by atoms with E-state index in [0.717, 1.165) is 11.1 Å². The van der Waals surface area contributed by atoms with E-state index in [1.54, 1.807) is 0 Å². The lowest BCUT2D eigenvalue weighted by molar-refractivity contribution is -0.145. The molecule has 2 N–H and O–H groups in total. The van der Waals surface area contributed by atoms with E-state index in [1.807, 2.05) is 60.7 Å². The minimum absolute atomic E-state index is 0.169.